The van der Waals surface area contributed by atoms with Crippen molar-refractivity contribution in [1.82, 2.24) is 0 Å². The number of aliphatic carboxylic acids is 1. The molecular weight excluding hydrogens is 214 g/mol. The summed E-state index contributed by atoms with van der Waals surface area (Å²) in [6.45, 7) is 4.77. The van der Waals surface area contributed by atoms with Crippen LogP contribution in [-0.2, 0) is 4.79 Å². The summed E-state index contributed by atoms with van der Waals surface area (Å²) in [4.78, 5) is 13.6. The third-order valence-electron chi connectivity index (χ3n) is 3.65. The van der Waals surface area contributed by atoms with Gasteiger partial charge < -0.3 is 10.0 Å². The number of benzene rings is 1. The van der Waals surface area contributed by atoms with Crippen LogP contribution < -0.4 is 4.90 Å². The highest BCUT2D eigenvalue weighted by Crippen LogP contribution is 2.41. The molecule has 1 aromatic carbocycles. The normalized spacial score (nSPS) is 20.5. The molecule has 92 valence electrons. The van der Waals surface area contributed by atoms with Gasteiger partial charge in [0.15, 0.2) is 0 Å². The Balaban J connectivity index is 2.39. The number of nitrogens with zero attached hydrogens (tertiary/aromatic N) is 1. The second-order valence-corrected chi connectivity index (χ2v) is 5.15. The lowest BCUT2D eigenvalue weighted by Crippen LogP contribution is -2.29. The van der Waals surface area contributed by atoms with E-state index in [0.717, 1.165) is 6.54 Å². The number of rotatable bonds is 3. The van der Waals surface area contributed by atoms with E-state index in [1.807, 2.05) is 33.0 Å². The molecule has 0 aromatic heterocycles. The molecule has 0 saturated heterocycles. The molecule has 3 heteroatoms. The maximum Gasteiger partial charge on any atom is 0.307 e. The summed E-state index contributed by atoms with van der Waals surface area (Å²) in [6.07, 6.45) is 0. The Labute approximate surface area is 102 Å². The van der Waals surface area contributed by atoms with Gasteiger partial charge in [0.25, 0.3) is 0 Å². The predicted octanol–water partition coefficient (Wildman–Crippen LogP) is 2.58. The van der Waals surface area contributed by atoms with Crippen molar-refractivity contribution < 1.29 is 9.90 Å². The Hall–Kier alpha value is -1.51. The number of carbonyl (C=O) groups is 1. The highest BCUT2D eigenvalue weighted by Gasteiger charge is 2.37. The first-order chi connectivity index (χ1) is 8.02. The van der Waals surface area contributed by atoms with Crippen LogP contribution in [0.5, 0.6) is 0 Å². The number of carboxylic acids is 1. The summed E-state index contributed by atoms with van der Waals surface area (Å²) in [5.41, 5.74) is 2.35. The first-order valence-electron chi connectivity index (χ1n) is 6.05. The molecule has 17 heavy (non-hydrogen) atoms. The molecule has 2 atom stereocenters. The zero-order valence-electron chi connectivity index (χ0n) is 10.6. The van der Waals surface area contributed by atoms with Gasteiger partial charge in [0.1, 0.15) is 0 Å². The van der Waals surface area contributed by atoms with Crippen LogP contribution in [-0.4, -0.2) is 24.7 Å². The van der Waals surface area contributed by atoms with Gasteiger partial charge in [-0.25, -0.2) is 0 Å². The van der Waals surface area contributed by atoms with Crippen molar-refractivity contribution >= 4 is 11.7 Å². The van der Waals surface area contributed by atoms with E-state index >= 15 is 0 Å². The molecule has 2 unspecified atom stereocenters. The van der Waals surface area contributed by atoms with Crippen molar-refractivity contribution in [3.05, 3.63) is 29.8 Å². The summed E-state index contributed by atoms with van der Waals surface area (Å²) in [6, 6.07) is 8.11. The van der Waals surface area contributed by atoms with Crippen molar-refractivity contribution in [2.75, 3.05) is 18.5 Å². The molecule has 0 saturated carbocycles. The number of hydrogen-bond acceptors (Lipinski definition) is 2. The fourth-order valence-corrected chi connectivity index (χ4v) is 2.87. The Morgan fingerprint density at radius 2 is 2.06 bits per heavy atom. The van der Waals surface area contributed by atoms with E-state index in [-0.39, 0.29) is 17.8 Å². The molecule has 1 aliphatic heterocycles. The molecule has 0 fully saturated rings. The maximum atomic E-state index is 11.4. The van der Waals surface area contributed by atoms with Crippen LogP contribution in [0, 0.1) is 11.8 Å². The van der Waals surface area contributed by atoms with Crippen molar-refractivity contribution in [3.63, 3.8) is 0 Å². The fourth-order valence-electron chi connectivity index (χ4n) is 2.87. The molecular formula is C14H19NO2. The van der Waals surface area contributed by atoms with Gasteiger partial charge in [0.05, 0.1) is 5.92 Å². The Morgan fingerprint density at radius 3 is 2.65 bits per heavy atom. The minimum Gasteiger partial charge on any atom is -0.481 e. The van der Waals surface area contributed by atoms with Gasteiger partial charge in [-0.05, 0) is 17.5 Å². The Bertz CT molecular complexity index is 428. The molecule has 2 rings (SSSR count). The van der Waals surface area contributed by atoms with Gasteiger partial charge >= 0.3 is 5.97 Å². The lowest BCUT2D eigenvalue weighted by molar-refractivity contribution is -0.144. The summed E-state index contributed by atoms with van der Waals surface area (Å²) in [5.74, 6) is -0.734. The third kappa shape index (κ3) is 2.02. The van der Waals surface area contributed by atoms with E-state index in [0.29, 0.717) is 0 Å². The van der Waals surface area contributed by atoms with Crippen molar-refractivity contribution in [3.8, 4) is 0 Å². The molecule has 0 bridgehead atoms. The number of likely N-dealkylation sites (N-methyl/N-ethyl adjacent to an activating group) is 1. The molecule has 0 spiro atoms. The number of anilines is 1. The van der Waals surface area contributed by atoms with E-state index in [4.69, 9.17) is 0 Å². The van der Waals surface area contributed by atoms with E-state index in [2.05, 4.69) is 17.0 Å². The van der Waals surface area contributed by atoms with E-state index in [1.54, 1.807) is 0 Å². The molecule has 1 heterocycles. The van der Waals surface area contributed by atoms with Crippen LogP contribution in [0.1, 0.15) is 25.3 Å². The van der Waals surface area contributed by atoms with Crippen LogP contribution in [0.4, 0.5) is 5.69 Å². The van der Waals surface area contributed by atoms with Crippen LogP contribution >= 0.6 is 0 Å². The van der Waals surface area contributed by atoms with E-state index < -0.39 is 5.97 Å². The van der Waals surface area contributed by atoms with Gasteiger partial charge in [-0.1, -0.05) is 32.0 Å². The summed E-state index contributed by atoms with van der Waals surface area (Å²) in [7, 11) is 2.03. The summed E-state index contributed by atoms with van der Waals surface area (Å²) < 4.78 is 0. The highest BCUT2D eigenvalue weighted by molar-refractivity contribution is 5.74. The second-order valence-electron chi connectivity index (χ2n) is 5.15. The SMILES string of the molecule is CC(C)C(C(=O)O)C1CN(C)c2ccccc21. The van der Waals surface area contributed by atoms with Gasteiger partial charge in [-0.15, -0.1) is 0 Å². The number of carboxylic acid groups (broad SMARTS) is 1. The smallest absolute Gasteiger partial charge is 0.307 e. The van der Waals surface area contributed by atoms with Crippen molar-refractivity contribution in [2.24, 2.45) is 11.8 Å². The fraction of sp³-hybridized carbons (Fsp3) is 0.500. The standard InChI is InChI=1S/C14H19NO2/c1-9(2)13(14(16)17)11-8-15(3)12-7-5-4-6-10(11)12/h4-7,9,11,13H,8H2,1-3H3,(H,16,17). The van der Waals surface area contributed by atoms with Gasteiger partial charge in [-0.3, -0.25) is 4.79 Å². The first-order valence-corrected chi connectivity index (χ1v) is 6.05. The van der Waals surface area contributed by atoms with E-state index in [1.165, 1.54) is 11.3 Å². The minimum absolute atomic E-state index is 0.105. The number of fused-ring (bicyclic) bond motifs is 1. The maximum absolute atomic E-state index is 11.4. The van der Waals surface area contributed by atoms with Crippen LogP contribution in [0.2, 0.25) is 0 Å². The lowest BCUT2D eigenvalue weighted by Gasteiger charge is -2.23. The van der Waals surface area contributed by atoms with E-state index in [9.17, 15) is 9.90 Å². The van der Waals surface area contributed by atoms with Crippen molar-refractivity contribution in [2.45, 2.75) is 19.8 Å². The molecule has 1 aliphatic rings. The quantitative estimate of drug-likeness (QED) is 0.872. The molecule has 0 amide bonds. The van der Waals surface area contributed by atoms with Crippen LogP contribution in [0.15, 0.2) is 24.3 Å². The number of para-hydroxylation sites is 1. The zero-order chi connectivity index (χ0) is 12.6. The average molecular weight is 233 g/mol. The monoisotopic (exact) mass is 233 g/mol. The largest absolute Gasteiger partial charge is 0.481 e. The van der Waals surface area contributed by atoms with Gasteiger partial charge in [0, 0.05) is 25.2 Å². The van der Waals surface area contributed by atoms with Gasteiger partial charge in [0.2, 0.25) is 0 Å². The minimum atomic E-state index is -0.685. The topological polar surface area (TPSA) is 40.5 Å². The molecule has 3 nitrogen and oxygen atoms in total. The lowest BCUT2D eigenvalue weighted by atomic mass is 9.80. The molecule has 1 aromatic rings. The van der Waals surface area contributed by atoms with Crippen LogP contribution in [0.25, 0.3) is 0 Å². The average Bonchev–Trinajstić information content (AvgIpc) is 2.56. The molecule has 1 N–H and O–H groups in total. The summed E-state index contributed by atoms with van der Waals surface area (Å²) >= 11 is 0. The van der Waals surface area contributed by atoms with Gasteiger partial charge in [-0.2, -0.15) is 0 Å². The Kier molecular flexibility index (Phi) is 3.09. The Morgan fingerprint density at radius 1 is 1.41 bits per heavy atom. The zero-order valence-corrected chi connectivity index (χ0v) is 10.6. The van der Waals surface area contributed by atoms with Crippen LogP contribution in [0.3, 0.4) is 0 Å². The third-order valence-corrected chi connectivity index (χ3v) is 3.65. The first kappa shape index (κ1) is 12.0. The predicted molar refractivity (Wildman–Crippen MR) is 68.4 cm³/mol. The second kappa shape index (κ2) is 4.40. The number of hydrogen-bond donors (Lipinski definition) is 1. The summed E-state index contributed by atoms with van der Waals surface area (Å²) in [5, 5.41) is 9.40. The highest BCUT2D eigenvalue weighted by atomic mass is 16.4. The molecule has 0 aliphatic carbocycles. The van der Waals surface area contributed by atoms with Crippen molar-refractivity contribution in [1.29, 1.82) is 0 Å². The molecule has 0 radical (unpaired) electrons.